The molecule has 0 bridgehead atoms. The van der Waals surface area contributed by atoms with Gasteiger partial charge in [0.2, 0.25) is 0 Å². The molecule has 2 atom stereocenters. The molecule has 2 unspecified atom stereocenters. The van der Waals surface area contributed by atoms with Crippen LogP contribution in [0.15, 0.2) is 24.3 Å². The van der Waals surface area contributed by atoms with Crippen LogP contribution >= 0.6 is 0 Å². The van der Waals surface area contributed by atoms with Gasteiger partial charge in [0.15, 0.2) is 0 Å². The van der Waals surface area contributed by atoms with Gasteiger partial charge >= 0.3 is 0 Å². The van der Waals surface area contributed by atoms with E-state index in [1.807, 2.05) is 12.1 Å². The number of carbonyl (C=O) groups excluding carboxylic acids is 1. The van der Waals surface area contributed by atoms with E-state index in [9.17, 15) is 4.79 Å². The van der Waals surface area contributed by atoms with Gasteiger partial charge in [-0.25, -0.2) is 0 Å². The largest absolute Gasteiger partial charge is 0.349 e. The molecule has 4 N–H and O–H groups in total. The second kappa shape index (κ2) is 5.81. The molecule has 20 heavy (non-hydrogen) atoms. The van der Waals surface area contributed by atoms with Crippen molar-refractivity contribution in [3.63, 3.8) is 0 Å². The van der Waals surface area contributed by atoms with Crippen molar-refractivity contribution >= 4 is 11.6 Å². The lowest BCUT2D eigenvalue weighted by molar-refractivity contribution is 0.0896. The average Bonchev–Trinajstić information content (AvgIpc) is 2.95. The Morgan fingerprint density at radius 2 is 2.00 bits per heavy atom. The van der Waals surface area contributed by atoms with Gasteiger partial charge in [-0.2, -0.15) is 0 Å². The molecule has 0 radical (unpaired) electrons. The van der Waals surface area contributed by atoms with E-state index in [4.69, 9.17) is 5.84 Å². The van der Waals surface area contributed by atoms with Crippen LogP contribution in [0, 0.1) is 0 Å². The Hall–Kier alpha value is -1.59. The molecule has 1 aromatic carbocycles. The highest BCUT2D eigenvalue weighted by molar-refractivity contribution is 5.94. The van der Waals surface area contributed by atoms with Crippen LogP contribution in [0.5, 0.6) is 0 Å². The molecule has 1 aromatic rings. The van der Waals surface area contributed by atoms with Crippen molar-refractivity contribution < 1.29 is 4.79 Å². The lowest BCUT2D eigenvalue weighted by atomic mass is 9.97. The van der Waals surface area contributed by atoms with Gasteiger partial charge in [-0.15, -0.1) is 0 Å². The Bertz CT molecular complexity index is 473. The maximum atomic E-state index is 12.2. The van der Waals surface area contributed by atoms with Crippen LogP contribution in [0.3, 0.4) is 0 Å². The van der Waals surface area contributed by atoms with Crippen molar-refractivity contribution in [1.29, 1.82) is 0 Å². The first-order valence-electron chi connectivity index (χ1n) is 7.38. The quantitative estimate of drug-likeness (QED) is 0.574. The molecule has 0 saturated carbocycles. The molecule has 1 amide bonds. The molecule has 5 heteroatoms. The van der Waals surface area contributed by atoms with Crippen molar-refractivity contribution in [3.8, 4) is 0 Å². The van der Waals surface area contributed by atoms with Gasteiger partial charge in [0.25, 0.3) is 5.91 Å². The average molecular weight is 274 g/mol. The fourth-order valence-corrected chi connectivity index (χ4v) is 3.34. The SMILES string of the molecule is NNc1ccc(C(=O)NC2CCN3CCCC3C2)cc1. The van der Waals surface area contributed by atoms with E-state index in [1.165, 1.54) is 19.4 Å². The molecule has 2 aliphatic rings. The molecule has 2 saturated heterocycles. The van der Waals surface area contributed by atoms with E-state index < -0.39 is 0 Å². The topological polar surface area (TPSA) is 70.4 Å². The first-order chi connectivity index (χ1) is 9.76. The summed E-state index contributed by atoms with van der Waals surface area (Å²) in [6.45, 7) is 2.35. The highest BCUT2D eigenvalue weighted by atomic mass is 16.1. The summed E-state index contributed by atoms with van der Waals surface area (Å²) in [6.07, 6.45) is 4.74. The summed E-state index contributed by atoms with van der Waals surface area (Å²) in [6, 6.07) is 8.22. The number of carbonyl (C=O) groups is 1. The van der Waals surface area contributed by atoms with E-state index >= 15 is 0 Å². The van der Waals surface area contributed by atoms with Gasteiger partial charge < -0.3 is 15.6 Å². The van der Waals surface area contributed by atoms with Crippen molar-refractivity contribution in [2.45, 2.75) is 37.8 Å². The molecule has 108 valence electrons. The van der Waals surface area contributed by atoms with Crippen LogP contribution in [0.4, 0.5) is 5.69 Å². The first-order valence-corrected chi connectivity index (χ1v) is 7.38. The zero-order valence-corrected chi connectivity index (χ0v) is 11.6. The van der Waals surface area contributed by atoms with Gasteiger partial charge in [-0.1, -0.05) is 0 Å². The maximum Gasteiger partial charge on any atom is 0.251 e. The molecular formula is C15H22N4O. The Kier molecular flexibility index (Phi) is 3.89. The Balaban J connectivity index is 1.58. The van der Waals surface area contributed by atoms with Crippen molar-refractivity contribution in [3.05, 3.63) is 29.8 Å². The number of nitrogen functional groups attached to an aromatic ring is 1. The minimum absolute atomic E-state index is 0.0185. The molecule has 2 heterocycles. The summed E-state index contributed by atoms with van der Waals surface area (Å²) >= 11 is 0. The zero-order valence-electron chi connectivity index (χ0n) is 11.6. The molecule has 2 aliphatic heterocycles. The lowest BCUT2D eigenvalue weighted by Gasteiger charge is -2.35. The fourth-order valence-electron chi connectivity index (χ4n) is 3.34. The number of hydrogen-bond acceptors (Lipinski definition) is 4. The van der Waals surface area contributed by atoms with Crippen molar-refractivity contribution in [1.82, 2.24) is 10.2 Å². The second-order valence-electron chi connectivity index (χ2n) is 5.75. The summed E-state index contributed by atoms with van der Waals surface area (Å²) in [5.41, 5.74) is 4.06. The smallest absolute Gasteiger partial charge is 0.251 e. The van der Waals surface area contributed by atoms with E-state index in [1.54, 1.807) is 12.1 Å². The lowest BCUT2D eigenvalue weighted by Crippen LogP contribution is -2.47. The third-order valence-electron chi connectivity index (χ3n) is 4.47. The van der Waals surface area contributed by atoms with E-state index in [-0.39, 0.29) is 5.91 Å². The van der Waals surface area contributed by atoms with Crippen LogP contribution in [0.1, 0.15) is 36.0 Å². The summed E-state index contributed by atoms with van der Waals surface area (Å²) in [5, 5.41) is 3.17. The maximum absolute atomic E-state index is 12.2. The van der Waals surface area contributed by atoms with E-state index in [0.29, 0.717) is 17.6 Å². The zero-order chi connectivity index (χ0) is 13.9. The van der Waals surface area contributed by atoms with Crippen LogP contribution in [0.2, 0.25) is 0 Å². The molecule has 3 rings (SSSR count). The highest BCUT2D eigenvalue weighted by Crippen LogP contribution is 2.26. The van der Waals surface area contributed by atoms with Gasteiger partial charge in [-0.3, -0.25) is 10.6 Å². The van der Waals surface area contributed by atoms with E-state index in [2.05, 4.69) is 15.6 Å². The third kappa shape index (κ3) is 2.78. The minimum Gasteiger partial charge on any atom is -0.349 e. The highest BCUT2D eigenvalue weighted by Gasteiger charge is 2.32. The first kappa shape index (κ1) is 13.4. The number of nitrogens with one attached hydrogen (secondary N) is 2. The Labute approximate surface area is 119 Å². The minimum atomic E-state index is 0.0185. The van der Waals surface area contributed by atoms with Crippen LogP contribution in [-0.2, 0) is 0 Å². The van der Waals surface area contributed by atoms with Crippen molar-refractivity contribution in [2.75, 3.05) is 18.5 Å². The number of nitrogens with zero attached hydrogens (tertiary/aromatic N) is 1. The van der Waals surface area contributed by atoms with Crippen molar-refractivity contribution in [2.24, 2.45) is 5.84 Å². The number of fused-ring (bicyclic) bond motifs is 1. The second-order valence-corrected chi connectivity index (χ2v) is 5.75. The molecule has 0 aromatic heterocycles. The monoisotopic (exact) mass is 274 g/mol. The number of anilines is 1. The van der Waals surface area contributed by atoms with Crippen LogP contribution in [0.25, 0.3) is 0 Å². The molecule has 5 nitrogen and oxygen atoms in total. The summed E-state index contributed by atoms with van der Waals surface area (Å²) < 4.78 is 0. The standard InChI is InChI=1S/C15H22N4O/c16-18-12-5-3-11(4-6-12)15(20)17-13-7-9-19-8-1-2-14(19)10-13/h3-6,13-14,18H,1-2,7-10,16H2,(H,17,20). The molecule has 0 spiro atoms. The van der Waals surface area contributed by atoms with Gasteiger partial charge in [0.05, 0.1) is 0 Å². The van der Waals surface area contributed by atoms with Gasteiger partial charge in [0.1, 0.15) is 0 Å². The molecule has 2 fully saturated rings. The van der Waals surface area contributed by atoms with E-state index in [0.717, 1.165) is 25.1 Å². The summed E-state index contributed by atoms with van der Waals surface area (Å²) in [5.74, 6) is 5.34. The number of nitrogens with two attached hydrogens (primary N) is 1. The summed E-state index contributed by atoms with van der Waals surface area (Å²) in [4.78, 5) is 14.8. The summed E-state index contributed by atoms with van der Waals surface area (Å²) in [7, 11) is 0. The van der Waals surface area contributed by atoms with Gasteiger partial charge in [0, 0.05) is 29.9 Å². The predicted octanol–water partition coefficient (Wildman–Crippen LogP) is 1.33. The Morgan fingerprint density at radius 1 is 1.20 bits per heavy atom. The molecular weight excluding hydrogens is 252 g/mol. The fraction of sp³-hybridized carbons (Fsp3) is 0.533. The van der Waals surface area contributed by atoms with Crippen LogP contribution < -0.4 is 16.6 Å². The van der Waals surface area contributed by atoms with Crippen LogP contribution in [-0.4, -0.2) is 36.0 Å². The van der Waals surface area contributed by atoms with Gasteiger partial charge in [-0.05, 0) is 56.5 Å². The third-order valence-corrected chi connectivity index (χ3v) is 4.47. The Morgan fingerprint density at radius 3 is 2.75 bits per heavy atom. The number of piperidine rings is 1. The number of amides is 1. The molecule has 0 aliphatic carbocycles. The number of benzene rings is 1. The number of rotatable bonds is 3. The number of hydrazine groups is 1. The number of hydrogen-bond donors (Lipinski definition) is 3. The predicted molar refractivity (Wildman–Crippen MR) is 79.3 cm³/mol. The normalized spacial score (nSPS) is 26.1.